The van der Waals surface area contributed by atoms with Crippen LogP contribution in [-0.4, -0.2) is 79.9 Å². The molecule has 0 aromatic carbocycles. The van der Waals surface area contributed by atoms with Crippen molar-refractivity contribution in [3.8, 4) is 5.75 Å². The Kier molecular flexibility index (Phi) is 6.48. The van der Waals surface area contributed by atoms with Gasteiger partial charge in [-0.05, 0) is 6.42 Å². The molecule has 10 heteroatoms. The highest BCUT2D eigenvalue weighted by atomic mass is 32.2. The predicted octanol–water partition coefficient (Wildman–Crippen LogP) is 0.213. The van der Waals surface area contributed by atoms with Crippen molar-refractivity contribution in [3.63, 3.8) is 0 Å². The van der Waals surface area contributed by atoms with Crippen molar-refractivity contribution in [1.29, 1.82) is 0 Å². The van der Waals surface area contributed by atoms with Gasteiger partial charge in [-0.25, -0.2) is 8.42 Å². The zero-order valence-electron chi connectivity index (χ0n) is 15.3. The molecule has 3 heterocycles. The number of carbonyl (C=O) groups is 1. The van der Waals surface area contributed by atoms with Crippen LogP contribution in [0.2, 0.25) is 0 Å². The summed E-state index contributed by atoms with van der Waals surface area (Å²) < 4.78 is 33.9. The number of nitrogens with zero attached hydrogens (tertiary/aromatic N) is 2. The van der Waals surface area contributed by atoms with E-state index in [1.807, 2.05) is 11.8 Å². The number of hydrogen-bond acceptors (Lipinski definition) is 8. The Hall–Kier alpha value is -1.52. The summed E-state index contributed by atoms with van der Waals surface area (Å²) in [4.78, 5) is 28.0. The fourth-order valence-electron chi connectivity index (χ4n) is 3.13. The molecule has 3 rings (SSSR count). The molecule has 2 fully saturated rings. The Balaban J connectivity index is 1.53. The average molecular weight is 417 g/mol. The second-order valence-corrected chi connectivity index (χ2v) is 10.3. The van der Waals surface area contributed by atoms with Crippen LogP contribution in [0.25, 0.3) is 0 Å². The Morgan fingerprint density at radius 1 is 1.41 bits per heavy atom. The zero-order chi connectivity index (χ0) is 19.4. The van der Waals surface area contributed by atoms with Crippen LogP contribution in [0, 0.1) is 0 Å². The molecule has 0 aliphatic carbocycles. The van der Waals surface area contributed by atoms with Crippen LogP contribution in [0.5, 0.6) is 5.75 Å². The molecular formula is C17H24N2O6S2. The molecule has 0 radical (unpaired) electrons. The molecule has 0 unspecified atom stereocenters. The summed E-state index contributed by atoms with van der Waals surface area (Å²) in [5, 5.41) is 0. The third-order valence-corrected chi connectivity index (χ3v) is 7.53. The number of hydrogen-bond donors (Lipinski definition) is 0. The Labute approximate surface area is 162 Å². The second kappa shape index (κ2) is 8.66. The van der Waals surface area contributed by atoms with E-state index in [0.29, 0.717) is 18.7 Å². The minimum atomic E-state index is -3.07. The highest BCUT2D eigenvalue weighted by Crippen LogP contribution is 2.17. The van der Waals surface area contributed by atoms with E-state index in [0.717, 1.165) is 24.6 Å². The molecule has 2 aliphatic heterocycles. The number of likely N-dealkylation sites (N-methyl/N-ethyl adjacent to an activating group) is 1. The molecule has 1 aromatic heterocycles. The number of carbonyl (C=O) groups excluding carboxylic acids is 1. The van der Waals surface area contributed by atoms with E-state index in [-0.39, 0.29) is 41.2 Å². The summed E-state index contributed by atoms with van der Waals surface area (Å²) in [7, 11) is -1.51. The molecule has 8 nitrogen and oxygen atoms in total. The number of amides is 1. The van der Waals surface area contributed by atoms with Gasteiger partial charge in [0, 0.05) is 43.8 Å². The lowest BCUT2D eigenvalue weighted by Crippen LogP contribution is -2.40. The van der Waals surface area contributed by atoms with Crippen molar-refractivity contribution >= 4 is 27.5 Å². The van der Waals surface area contributed by atoms with Gasteiger partial charge in [-0.1, -0.05) is 0 Å². The van der Waals surface area contributed by atoms with Gasteiger partial charge in [0.05, 0.1) is 18.1 Å². The van der Waals surface area contributed by atoms with Crippen LogP contribution in [0.3, 0.4) is 0 Å². The topological polar surface area (TPSA) is 97.1 Å². The van der Waals surface area contributed by atoms with Crippen molar-refractivity contribution in [3.05, 3.63) is 28.3 Å². The smallest absolute Gasteiger partial charge is 0.260 e. The van der Waals surface area contributed by atoms with Crippen LogP contribution in [0.4, 0.5) is 0 Å². The van der Waals surface area contributed by atoms with Crippen molar-refractivity contribution < 1.29 is 22.4 Å². The molecule has 0 N–H and O–H groups in total. The summed E-state index contributed by atoms with van der Waals surface area (Å²) in [5.74, 6) is 2.39. The number of sulfone groups is 1. The van der Waals surface area contributed by atoms with Gasteiger partial charge in [0.25, 0.3) is 5.91 Å². The maximum atomic E-state index is 12.2. The SMILES string of the molecule is CN(C(=O)COc1coc(CN2CCSCC2)cc1=O)[C@H]1CCS(=O)(=O)C1. The van der Waals surface area contributed by atoms with E-state index in [1.165, 1.54) is 17.2 Å². The largest absolute Gasteiger partial charge is 0.477 e. The molecule has 1 aromatic rings. The van der Waals surface area contributed by atoms with Gasteiger partial charge in [0.1, 0.15) is 12.0 Å². The number of rotatable bonds is 6. The first kappa shape index (κ1) is 20.2. The lowest BCUT2D eigenvalue weighted by molar-refractivity contribution is -0.133. The number of ether oxygens (including phenoxy) is 1. The van der Waals surface area contributed by atoms with Crippen molar-refractivity contribution in [1.82, 2.24) is 9.80 Å². The van der Waals surface area contributed by atoms with Crippen LogP contribution >= 0.6 is 11.8 Å². The molecule has 27 heavy (non-hydrogen) atoms. The van der Waals surface area contributed by atoms with E-state index in [1.54, 1.807) is 7.05 Å². The summed E-state index contributed by atoms with van der Waals surface area (Å²) >= 11 is 1.91. The standard InChI is InChI=1S/C17H24N2O6S2/c1-18(13-2-7-27(22,23)12-13)17(21)11-25-16-10-24-14(8-15(16)20)9-19-3-5-26-6-4-19/h8,10,13H,2-7,9,11-12H2,1H3/t13-/m0/s1. The minimum Gasteiger partial charge on any atom is -0.477 e. The fourth-order valence-corrected chi connectivity index (χ4v) is 5.89. The Morgan fingerprint density at radius 3 is 2.78 bits per heavy atom. The van der Waals surface area contributed by atoms with Gasteiger partial charge in [0.2, 0.25) is 11.2 Å². The Morgan fingerprint density at radius 2 is 2.15 bits per heavy atom. The lowest BCUT2D eigenvalue weighted by Gasteiger charge is -2.25. The average Bonchev–Trinajstić information content (AvgIpc) is 3.01. The minimum absolute atomic E-state index is 0.0197. The third kappa shape index (κ3) is 5.49. The quantitative estimate of drug-likeness (QED) is 0.649. The molecule has 0 saturated carbocycles. The van der Waals surface area contributed by atoms with Crippen molar-refractivity contribution in [2.45, 2.75) is 19.0 Å². The molecule has 1 atom stereocenters. The monoisotopic (exact) mass is 416 g/mol. The normalized spacial score (nSPS) is 22.5. The van der Waals surface area contributed by atoms with Gasteiger partial charge in [0.15, 0.2) is 16.4 Å². The Bertz CT molecular complexity index is 832. The maximum absolute atomic E-state index is 12.2. The summed E-state index contributed by atoms with van der Waals surface area (Å²) in [6, 6.07) is 1.06. The van der Waals surface area contributed by atoms with E-state index in [4.69, 9.17) is 9.15 Å². The van der Waals surface area contributed by atoms with Gasteiger partial charge in [-0.3, -0.25) is 14.5 Å². The first-order valence-corrected chi connectivity index (χ1v) is 11.8. The molecule has 2 saturated heterocycles. The highest BCUT2D eigenvalue weighted by Gasteiger charge is 2.32. The first-order valence-electron chi connectivity index (χ1n) is 8.85. The van der Waals surface area contributed by atoms with E-state index >= 15 is 0 Å². The molecule has 150 valence electrons. The van der Waals surface area contributed by atoms with Gasteiger partial charge in [-0.15, -0.1) is 0 Å². The lowest BCUT2D eigenvalue weighted by atomic mass is 10.2. The van der Waals surface area contributed by atoms with Crippen LogP contribution in [0.1, 0.15) is 12.2 Å². The first-order chi connectivity index (χ1) is 12.8. The molecule has 1 amide bonds. The number of thioether (sulfide) groups is 1. The summed E-state index contributed by atoms with van der Waals surface area (Å²) in [6.07, 6.45) is 1.67. The van der Waals surface area contributed by atoms with E-state index < -0.39 is 9.84 Å². The van der Waals surface area contributed by atoms with Gasteiger partial charge < -0.3 is 14.1 Å². The second-order valence-electron chi connectivity index (χ2n) is 6.81. The highest BCUT2D eigenvalue weighted by molar-refractivity contribution is 7.99. The zero-order valence-corrected chi connectivity index (χ0v) is 16.9. The van der Waals surface area contributed by atoms with E-state index in [2.05, 4.69) is 4.90 Å². The molecule has 2 aliphatic rings. The molecule has 0 spiro atoms. The van der Waals surface area contributed by atoms with E-state index in [9.17, 15) is 18.0 Å². The predicted molar refractivity (Wildman–Crippen MR) is 103 cm³/mol. The summed E-state index contributed by atoms with van der Waals surface area (Å²) in [5.41, 5.74) is -0.332. The molecular weight excluding hydrogens is 392 g/mol. The van der Waals surface area contributed by atoms with Crippen LogP contribution in [0.15, 0.2) is 21.5 Å². The maximum Gasteiger partial charge on any atom is 0.260 e. The molecule has 0 bridgehead atoms. The summed E-state index contributed by atoms with van der Waals surface area (Å²) in [6.45, 7) is 2.17. The fraction of sp³-hybridized carbons (Fsp3) is 0.647. The van der Waals surface area contributed by atoms with Crippen LogP contribution in [-0.2, 0) is 21.2 Å². The third-order valence-electron chi connectivity index (χ3n) is 4.84. The van der Waals surface area contributed by atoms with Gasteiger partial charge in [-0.2, -0.15) is 11.8 Å². The van der Waals surface area contributed by atoms with Crippen LogP contribution < -0.4 is 10.2 Å². The van der Waals surface area contributed by atoms with Gasteiger partial charge >= 0.3 is 0 Å². The van der Waals surface area contributed by atoms with Crippen molar-refractivity contribution in [2.24, 2.45) is 0 Å². The van der Waals surface area contributed by atoms with Crippen molar-refractivity contribution in [2.75, 3.05) is 49.8 Å².